The molecule has 0 atom stereocenters. The van der Waals surface area contributed by atoms with Crippen LogP contribution in [0.25, 0.3) is 65.5 Å². The van der Waals surface area contributed by atoms with Crippen LogP contribution in [-0.4, -0.2) is 4.98 Å². The molecular weight excluding hydrogens is 581 g/mol. The van der Waals surface area contributed by atoms with Crippen LogP contribution in [0.5, 0.6) is 0 Å². The zero-order valence-electron chi connectivity index (χ0n) is 26.9. The summed E-state index contributed by atoms with van der Waals surface area (Å²) in [6.45, 7) is 4.76. The fraction of sp³-hybridized carbons (Fsp3) is 0.0652. The Morgan fingerprint density at radius 1 is 0.458 bits per heavy atom. The van der Waals surface area contributed by atoms with E-state index in [2.05, 4.69) is 164 Å². The smallest absolute Gasteiger partial charge is 0.0780 e. The molecule has 0 bridgehead atoms. The van der Waals surface area contributed by atoms with Crippen molar-refractivity contribution in [2.45, 2.75) is 19.3 Å². The fourth-order valence-electron chi connectivity index (χ4n) is 8.30. The summed E-state index contributed by atoms with van der Waals surface area (Å²) in [6.07, 6.45) is 1.90. The second-order valence-corrected chi connectivity index (χ2v) is 13.6. The number of pyridine rings is 1. The van der Waals surface area contributed by atoms with Crippen LogP contribution < -0.4 is 4.90 Å². The van der Waals surface area contributed by atoms with Crippen LogP contribution in [0.2, 0.25) is 0 Å². The van der Waals surface area contributed by atoms with Crippen molar-refractivity contribution >= 4 is 60.3 Å². The van der Waals surface area contributed by atoms with Gasteiger partial charge in [-0.3, -0.25) is 4.98 Å². The molecule has 2 heteroatoms. The first kappa shape index (κ1) is 27.2. The van der Waals surface area contributed by atoms with Crippen molar-refractivity contribution in [2.75, 3.05) is 4.90 Å². The normalized spacial score (nSPS) is 13.4. The summed E-state index contributed by atoms with van der Waals surface area (Å²) < 4.78 is 0. The van der Waals surface area contributed by atoms with Gasteiger partial charge in [-0.2, -0.15) is 0 Å². The summed E-state index contributed by atoms with van der Waals surface area (Å²) in [5.74, 6) is 0. The maximum Gasteiger partial charge on any atom is 0.0780 e. The molecule has 0 radical (unpaired) electrons. The number of anilines is 3. The highest BCUT2D eigenvalue weighted by Crippen LogP contribution is 2.52. The highest BCUT2D eigenvalue weighted by atomic mass is 15.1. The van der Waals surface area contributed by atoms with E-state index in [1.807, 2.05) is 12.3 Å². The average molecular weight is 613 g/mol. The van der Waals surface area contributed by atoms with Gasteiger partial charge in [-0.25, -0.2) is 0 Å². The molecule has 0 aliphatic heterocycles. The maximum atomic E-state index is 4.79. The number of benzene rings is 8. The molecule has 1 aromatic heterocycles. The number of rotatable bonds is 4. The molecule has 9 aromatic rings. The van der Waals surface area contributed by atoms with Gasteiger partial charge in [0, 0.05) is 39.4 Å². The third kappa shape index (κ3) is 3.83. The monoisotopic (exact) mass is 612 g/mol. The van der Waals surface area contributed by atoms with Gasteiger partial charge in [-0.1, -0.05) is 111 Å². The predicted octanol–water partition coefficient (Wildman–Crippen LogP) is 12.6. The van der Waals surface area contributed by atoms with E-state index in [0.717, 1.165) is 16.9 Å². The molecular formula is C46H32N2. The third-order valence-electron chi connectivity index (χ3n) is 10.6. The molecule has 10 rings (SSSR count). The lowest BCUT2D eigenvalue weighted by Gasteiger charge is -2.28. The zero-order chi connectivity index (χ0) is 32.0. The van der Waals surface area contributed by atoms with Crippen molar-refractivity contribution < 1.29 is 0 Å². The molecule has 0 saturated heterocycles. The molecule has 2 nitrogen and oxygen atoms in total. The Morgan fingerprint density at radius 2 is 1.08 bits per heavy atom. The minimum Gasteiger partial charge on any atom is -0.310 e. The Bertz CT molecular complexity index is 2650. The lowest BCUT2D eigenvalue weighted by atomic mass is 9.81. The van der Waals surface area contributed by atoms with E-state index in [4.69, 9.17) is 4.98 Å². The van der Waals surface area contributed by atoms with Gasteiger partial charge in [0.05, 0.1) is 5.52 Å². The van der Waals surface area contributed by atoms with Crippen molar-refractivity contribution in [1.29, 1.82) is 0 Å². The standard InChI is InChI=1S/C46H32N2/c1-46(2)41-27-30(36-20-17-29-15-16-31-26-32-10-9-25-47-45(32)40-24-23-39(36)43(29)44(31)40)18-21-37(41)38-22-19-35(28-42(38)46)48(33-11-5-3-6-12-33)34-13-7-4-8-14-34/h3-28H,1-2H3. The van der Waals surface area contributed by atoms with Crippen LogP contribution in [0.3, 0.4) is 0 Å². The molecule has 1 heterocycles. The summed E-state index contributed by atoms with van der Waals surface area (Å²) in [6, 6.07) is 55.6. The van der Waals surface area contributed by atoms with Crippen molar-refractivity contribution in [3.63, 3.8) is 0 Å². The second kappa shape index (κ2) is 10.0. The van der Waals surface area contributed by atoms with Crippen molar-refractivity contribution in [2.24, 2.45) is 0 Å². The SMILES string of the molecule is CC1(C)c2cc(-c3ccc4ccc5cc6cccnc6c6ccc3c4c56)ccc2-c2ccc(N(c3ccccc3)c3ccccc3)cc21. The van der Waals surface area contributed by atoms with Crippen LogP contribution in [0, 0.1) is 0 Å². The van der Waals surface area contributed by atoms with E-state index in [9.17, 15) is 0 Å². The molecule has 226 valence electrons. The zero-order valence-corrected chi connectivity index (χ0v) is 26.9. The van der Waals surface area contributed by atoms with Gasteiger partial charge < -0.3 is 4.90 Å². The number of hydrogen-bond acceptors (Lipinski definition) is 2. The minimum atomic E-state index is -0.163. The molecule has 0 spiro atoms. The van der Waals surface area contributed by atoms with Gasteiger partial charge in [0.2, 0.25) is 0 Å². The number of hydrogen-bond donors (Lipinski definition) is 0. The molecule has 48 heavy (non-hydrogen) atoms. The van der Waals surface area contributed by atoms with E-state index in [0.29, 0.717) is 0 Å². The van der Waals surface area contributed by atoms with E-state index in [1.165, 1.54) is 76.8 Å². The Hall–Kier alpha value is -5.99. The van der Waals surface area contributed by atoms with E-state index in [1.54, 1.807) is 0 Å². The fourth-order valence-corrected chi connectivity index (χ4v) is 8.30. The molecule has 0 amide bonds. The van der Waals surface area contributed by atoms with Crippen LogP contribution in [0.15, 0.2) is 158 Å². The first-order valence-electron chi connectivity index (χ1n) is 16.7. The van der Waals surface area contributed by atoms with Crippen LogP contribution in [-0.2, 0) is 5.41 Å². The molecule has 1 aliphatic rings. The van der Waals surface area contributed by atoms with Crippen molar-refractivity contribution in [3.8, 4) is 22.3 Å². The van der Waals surface area contributed by atoms with Crippen LogP contribution in [0.1, 0.15) is 25.0 Å². The van der Waals surface area contributed by atoms with Crippen LogP contribution in [0.4, 0.5) is 17.1 Å². The number of fused-ring (bicyclic) bond motifs is 5. The Kier molecular flexibility index (Phi) is 5.66. The predicted molar refractivity (Wildman–Crippen MR) is 203 cm³/mol. The number of nitrogens with zero attached hydrogens (tertiary/aromatic N) is 2. The first-order valence-corrected chi connectivity index (χ1v) is 16.7. The third-order valence-corrected chi connectivity index (χ3v) is 10.6. The molecule has 0 N–H and O–H groups in total. The van der Waals surface area contributed by atoms with Gasteiger partial charge in [-0.05, 0) is 115 Å². The van der Waals surface area contributed by atoms with Gasteiger partial charge in [0.15, 0.2) is 0 Å². The summed E-state index contributed by atoms with van der Waals surface area (Å²) in [5.41, 5.74) is 12.3. The van der Waals surface area contributed by atoms with E-state index >= 15 is 0 Å². The summed E-state index contributed by atoms with van der Waals surface area (Å²) in [7, 11) is 0. The Morgan fingerprint density at radius 3 is 1.85 bits per heavy atom. The quantitative estimate of drug-likeness (QED) is 0.145. The molecule has 1 aliphatic carbocycles. The Labute approximate surface area is 279 Å². The van der Waals surface area contributed by atoms with Gasteiger partial charge in [0.1, 0.15) is 0 Å². The second-order valence-electron chi connectivity index (χ2n) is 13.6. The molecule has 0 unspecified atom stereocenters. The topological polar surface area (TPSA) is 16.1 Å². The van der Waals surface area contributed by atoms with E-state index in [-0.39, 0.29) is 5.41 Å². The summed E-state index contributed by atoms with van der Waals surface area (Å²) in [5, 5.41) is 8.86. The Balaban J connectivity index is 1.12. The van der Waals surface area contributed by atoms with Crippen LogP contribution >= 0.6 is 0 Å². The lowest BCUT2D eigenvalue weighted by molar-refractivity contribution is 0.660. The lowest BCUT2D eigenvalue weighted by Crippen LogP contribution is -2.16. The van der Waals surface area contributed by atoms with Gasteiger partial charge in [0.25, 0.3) is 0 Å². The largest absolute Gasteiger partial charge is 0.310 e. The molecule has 8 aromatic carbocycles. The number of para-hydroxylation sites is 2. The average Bonchev–Trinajstić information content (AvgIpc) is 3.36. The van der Waals surface area contributed by atoms with Crippen molar-refractivity contribution in [1.82, 2.24) is 4.98 Å². The van der Waals surface area contributed by atoms with Crippen molar-refractivity contribution in [3.05, 3.63) is 169 Å². The number of aromatic nitrogens is 1. The molecule has 0 saturated carbocycles. The minimum absolute atomic E-state index is 0.163. The molecule has 0 fully saturated rings. The summed E-state index contributed by atoms with van der Waals surface area (Å²) >= 11 is 0. The van der Waals surface area contributed by atoms with E-state index < -0.39 is 0 Å². The first-order chi connectivity index (χ1) is 23.6. The maximum absolute atomic E-state index is 4.79. The van der Waals surface area contributed by atoms with Gasteiger partial charge >= 0.3 is 0 Å². The highest BCUT2D eigenvalue weighted by Gasteiger charge is 2.36. The van der Waals surface area contributed by atoms with Gasteiger partial charge in [-0.15, -0.1) is 0 Å². The highest BCUT2D eigenvalue weighted by molar-refractivity contribution is 6.30. The summed E-state index contributed by atoms with van der Waals surface area (Å²) in [4.78, 5) is 7.15.